The third kappa shape index (κ3) is 12.9. The fourth-order valence-electron chi connectivity index (χ4n) is 3.84. The van der Waals surface area contributed by atoms with Crippen LogP contribution in [0.3, 0.4) is 0 Å². The van der Waals surface area contributed by atoms with Crippen LogP contribution in [0, 0.1) is 23.7 Å². The number of hydrogen-bond donors (Lipinski definition) is 0. The van der Waals surface area contributed by atoms with Gasteiger partial charge in [0.05, 0.1) is 25.0 Å². The van der Waals surface area contributed by atoms with Gasteiger partial charge in [-0.05, 0) is 37.5 Å². The summed E-state index contributed by atoms with van der Waals surface area (Å²) in [6.45, 7) is 11.3. The van der Waals surface area contributed by atoms with Crippen LogP contribution in [-0.4, -0.2) is 50.3 Å². The first-order valence-corrected chi connectivity index (χ1v) is 12.9. The van der Waals surface area contributed by atoms with Crippen LogP contribution in [0.25, 0.3) is 0 Å². The Bertz CT molecular complexity index is 552. The van der Waals surface area contributed by atoms with Crippen molar-refractivity contribution < 1.29 is 38.1 Å². The van der Waals surface area contributed by atoms with Gasteiger partial charge in [-0.25, -0.2) is 9.59 Å². The number of carbonyl (C=O) groups is 4. The highest BCUT2D eigenvalue weighted by atomic mass is 16.6. The summed E-state index contributed by atoms with van der Waals surface area (Å²) in [6.07, 6.45) is 6.42. The zero-order chi connectivity index (χ0) is 25.9. The normalized spacial score (nSPS) is 14.4. The summed E-state index contributed by atoms with van der Waals surface area (Å²) < 4.78 is 20.7. The van der Waals surface area contributed by atoms with E-state index in [-0.39, 0.29) is 0 Å². The van der Waals surface area contributed by atoms with E-state index in [1.807, 2.05) is 13.8 Å². The molecule has 0 saturated heterocycles. The largest absolute Gasteiger partial charge is 0.463 e. The molecule has 0 N–H and O–H groups in total. The van der Waals surface area contributed by atoms with E-state index in [4.69, 9.17) is 18.9 Å². The highest BCUT2D eigenvalue weighted by Gasteiger charge is 2.34. The number of rotatable bonds is 19. The Kier molecular flexibility index (Phi) is 18.0. The van der Waals surface area contributed by atoms with Gasteiger partial charge in [-0.15, -0.1) is 0 Å². The van der Waals surface area contributed by atoms with E-state index in [1.54, 1.807) is 13.8 Å². The molecule has 8 nitrogen and oxygen atoms in total. The standard InChI is InChI=1S/C26H46O8/c1-7-13-19(9-3)15-31-23(27)17-33-25(29)21(11-5)22(12-6)26(30)34-18-24(28)32-16-20(10-4)14-8-2/h19-22H,7-18H2,1-6H3. The number of ether oxygens (including phenoxy) is 4. The minimum Gasteiger partial charge on any atom is -0.463 e. The first-order chi connectivity index (χ1) is 16.3. The second-order valence-electron chi connectivity index (χ2n) is 8.74. The molecule has 0 aromatic heterocycles. The lowest BCUT2D eigenvalue weighted by Crippen LogP contribution is -2.34. The number of esters is 4. The second-order valence-corrected chi connectivity index (χ2v) is 8.74. The van der Waals surface area contributed by atoms with Crippen molar-refractivity contribution in [3.8, 4) is 0 Å². The molecule has 0 aromatic carbocycles. The maximum atomic E-state index is 12.6. The molecule has 0 aliphatic rings. The van der Waals surface area contributed by atoms with Gasteiger partial charge in [0.25, 0.3) is 0 Å². The fraction of sp³-hybridized carbons (Fsp3) is 0.846. The van der Waals surface area contributed by atoms with E-state index in [1.165, 1.54) is 0 Å². The quantitative estimate of drug-likeness (QED) is 0.188. The first-order valence-electron chi connectivity index (χ1n) is 12.9. The van der Waals surface area contributed by atoms with Crippen molar-refractivity contribution in [2.75, 3.05) is 26.4 Å². The summed E-state index contributed by atoms with van der Waals surface area (Å²) in [5.41, 5.74) is 0. The van der Waals surface area contributed by atoms with E-state index in [0.717, 1.165) is 38.5 Å². The molecule has 0 aliphatic heterocycles. The predicted octanol–water partition coefficient (Wildman–Crippen LogP) is 4.86. The summed E-state index contributed by atoms with van der Waals surface area (Å²) in [6, 6.07) is 0. The Morgan fingerprint density at radius 2 is 0.882 bits per heavy atom. The minimum absolute atomic E-state index is 0.290. The Balaban J connectivity index is 4.63. The lowest BCUT2D eigenvalue weighted by molar-refractivity contribution is -0.169. The Labute approximate surface area is 205 Å². The summed E-state index contributed by atoms with van der Waals surface area (Å²) in [5.74, 6) is -3.50. The lowest BCUT2D eigenvalue weighted by Gasteiger charge is -2.22. The van der Waals surface area contributed by atoms with Gasteiger partial charge in [0.15, 0.2) is 13.2 Å². The third-order valence-electron chi connectivity index (χ3n) is 6.14. The van der Waals surface area contributed by atoms with Crippen LogP contribution < -0.4 is 0 Å². The van der Waals surface area contributed by atoms with E-state index < -0.39 is 48.9 Å². The van der Waals surface area contributed by atoms with Crippen LogP contribution in [0.2, 0.25) is 0 Å². The molecule has 4 unspecified atom stereocenters. The van der Waals surface area contributed by atoms with Crippen molar-refractivity contribution in [3.05, 3.63) is 0 Å². The van der Waals surface area contributed by atoms with E-state index in [2.05, 4.69) is 13.8 Å². The smallest absolute Gasteiger partial charge is 0.344 e. The van der Waals surface area contributed by atoms with Crippen LogP contribution in [0.1, 0.15) is 92.9 Å². The van der Waals surface area contributed by atoms with Gasteiger partial charge in [0.2, 0.25) is 0 Å². The molecule has 198 valence electrons. The van der Waals surface area contributed by atoms with Crippen molar-refractivity contribution in [3.63, 3.8) is 0 Å². The van der Waals surface area contributed by atoms with Crippen molar-refractivity contribution >= 4 is 23.9 Å². The molecule has 0 amide bonds. The Morgan fingerprint density at radius 3 is 1.15 bits per heavy atom. The average Bonchev–Trinajstić information content (AvgIpc) is 2.84. The minimum atomic E-state index is -0.779. The molecule has 0 aliphatic carbocycles. The zero-order valence-electron chi connectivity index (χ0n) is 22.1. The van der Waals surface area contributed by atoms with Gasteiger partial charge in [0, 0.05) is 0 Å². The van der Waals surface area contributed by atoms with E-state index in [9.17, 15) is 19.2 Å². The molecule has 0 spiro atoms. The van der Waals surface area contributed by atoms with Gasteiger partial charge in [-0.1, -0.05) is 67.2 Å². The summed E-state index contributed by atoms with van der Waals surface area (Å²) in [5, 5.41) is 0. The molecular formula is C26H46O8. The molecular weight excluding hydrogens is 440 g/mol. The highest BCUT2D eigenvalue weighted by Crippen LogP contribution is 2.23. The summed E-state index contributed by atoms with van der Waals surface area (Å²) in [4.78, 5) is 49.0. The van der Waals surface area contributed by atoms with Crippen LogP contribution >= 0.6 is 0 Å². The van der Waals surface area contributed by atoms with Crippen LogP contribution in [0.4, 0.5) is 0 Å². The average molecular weight is 487 g/mol. The number of carbonyl (C=O) groups excluding carboxylic acids is 4. The lowest BCUT2D eigenvalue weighted by atomic mass is 9.88. The van der Waals surface area contributed by atoms with E-state index >= 15 is 0 Å². The second kappa shape index (κ2) is 19.2. The van der Waals surface area contributed by atoms with Crippen molar-refractivity contribution in [1.29, 1.82) is 0 Å². The summed E-state index contributed by atoms with van der Waals surface area (Å²) >= 11 is 0. The Hall–Kier alpha value is -2.12. The van der Waals surface area contributed by atoms with Crippen LogP contribution in [0.15, 0.2) is 0 Å². The third-order valence-corrected chi connectivity index (χ3v) is 6.14. The topological polar surface area (TPSA) is 105 Å². The molecule has 0 bridgehead atoms. The van der Waals surface area contributed by atoms with Gasteiger partial charge in [0.1, 0.15) is 0 Å². The Morgan fingerprint density at radius 1 is 0.529 bits per heavy atom. The van der Waals surface area contributed by atoms with Crippen LogP contribution in [0.5, 0.6) is 0 Å². The molecule has 0 aromatic rings. The monoisotopic (exact) mass is 486 g/mol. The predicted molar refractivity (Wildman–Crippen MR) is 129 cm³/mol. The van der Waals surface area contributed by atoms with Crippen molar-refractivity contribution in [2.24, 2.45) is 23.7 Å². The molecule has 8 heteroatoms. The van der Waals surface area contributed by atoms with Crippen molar-refractivity contribution in [1.82, 2.24) is 0 Å². The molecule has 34 heavy (non-hydrogen) atoms. The molecule has 0 fully saturated rings. The SMILES string of the molecule is CCCC(CC)COC(=O)COC(=O)C(CC)C(CC)C(=O)OCC(=O)OCC(CC)CCC. The van der Waals surface area contributed by atoms with Crippen LogP contribution in [-0.2, 0) is 38.1 Å². The highest BCUT2D eigenvalue weighted by molar-refractivity contribution is 5.84. The van der Waals surface area contributed by atoms with Gasteiger partial charge < -0.3 is 18.9 Å². The molecule has 4 atom stereocenters. The summed E-state index contributed by atoms with van der Waals surface area (Å²) in [7, 11) is 0. The maximum Gasteiger partial charge on any atom is 0.344 e. The van der Waals surface area contributed by atoms with Gasteiger partial charge in [-0.3, -0.25) is 9.59 Å². The van der Waals surface area contributed by atoms with Gasteiger partial charge in [-0.2, -0.15) is 0 Å². The number of hydrogen-bond acceptors (Lipinski definition) is 8. The van der Waals surface area contributed by atoms with Crippen molar-refractivity contribution in [2.45, 2.75) is 92.9 Å². The fourth-order valence-corrected chi connectivity index (χ4v) is 3.84. The molecule has 0 rings (SSSR count). The maximum absolute atomic E-state index is 12.6. The molecule has 0 heterocycles. The zero-order valence-corrected chi connectivity index (χ0v) is 22.1. The van der Waals surface area contributed by atoms with Gasteiger partial charge >= 0.3 is 23.9 Å². The first kappa shape index (κ1) is 31.9. The molecule has 0 radical (unpaired) electrons. The molecule has 0 saturated carbocycles. The van der Waals surface area contributed by atoms with E-state index in [0.29, 0.717) is 37.9 Å².